The smallest absolute Gasteiger partial charge is 0.137 e. The summed E-state index contributed by atoms with van der Waals surface area (Å²) in [5.41, 5.74) is 4.32. The fourth-order valence-corrected chi connectivity index (χ4v) is 3.69. The molecule has 2 atom stereocenters. The Kier molecular flexibility index (Phi) is 4.61. The first-order chi connectivity index (χ1) is 12.6. The van der Waals surface area contributed by atoms with Gasteiger partial charge in [-0.1, -0.05) is 23.4 Å². The maximum absolute atomic E-state index is 10.4. The van der Waals surface area contributed by atoms with Gasteiger partial charge in [-0.25, -0.2) is 4.68 Å². The zero-order valence-electron chi connectivity index (χ0n) is 15.2. The van der Waals surface area contributed by atoms with Gasteiger partial charge in [0.05, 0.1) is 23.7 Å². The maximum atomic E-state index is 10.4. The molecule has 3 heterocycles. The number of nitrogens with zero attached hydrogens (tertiary/aromatic N) is 4. The summed E-state index contributed by atoms with van der Waals surface area (Å²) < 4.78 is 7.22. The number of aromatic nitrogens is 3. The number of hydrogen-bond donors (Lipinski definition) is 1. The van der Waals surface area contributed by atoms with E-state index in [2.05, 4.69) is 40.4 Å². The summed E-state index contributed by atoms with van der Waals surface area (Å²) in [6.07, 6.45) is 4.36. The molecule has 2 aromatic heterocycles. The number of benzene rings is 1. The van der Waals surface area contributed by atoms with Crippen LogP contribution in [-0.4, -0.2) is 44.1 Å². The second kappa shape index (κ2) is 7.05. The van der Waals surface area contributed by atoms with Crippen molar-refractivity contribution in [3.8, 4) is 5.69 Å². The van der Waals surface area contributed by atoms with Crippen molar-refractivity contribution in [1.82, 2.24) is 19.8 Å². The number of aliphatic hydroxyl groups is 1. The molecule has 0 amide bonds. The van der Waals surface area contributed by atoms with Crippen molar-refractivity contribution in [2.45, 2.75) is 32.9 Å². The van der Waals surface area contributed by atoms with Gasteiger partial charge in [-0.15, -0.1) is 0 Å². The molecule has 1 N–H and O–H groups in total. The fraction of sp³-hybridized carbons (Fsp3) is 0.400. The highest BCUT2D eigenvalue weighted by atomic mass is 16.5. The Balaban J connectivity index is 1.40. The van der Waals surface area contributed by atoms with Gasteiger partial charge < -0.3 is 9.63 Å². The summed E-state index contributed by atoms with van der Waals surface area (Å²) >= 11 is 0. The van der Waals surface area contributed by atoms with Crippen LogP contribution in [0.5, 0.6) is 0 Å². The normalized spacial score (nSPS) is 20.7. The summed E-state index contributed by atoms with van der Waals surface area (Å²) in [7, 11) is 0. The minimum atomic E-state index is -0.341. The molecular weight excluding hydrogens is 328 g/mol. The van der Waals surface area contributed by atoms with Crippen molar-refractivity contribution in [2.75, 3.05) is 13.1 Å². The minimum Gasteiger partial charge on any atom is -0.391 e. The van der Waals surface area contributed by atoms with E-state index in [0.29, 0.717) is 6.54 Å². The lowest BCUT2D eigenvalue weighted by Gasteiger charge is -2.13. The predicted octanol–water partition coefficient (Wildman–Crippen LogP) is 2.51. The largest absolute Gasteiger partial charge is 0.391 e. The molecule has 136 valence electrons. The van der Waals surface area contributed by atoms with E-state index in [1.807, 2.05) is 36.0 Å². The molecule has 0 bridgehead atoms. The molecule has 3 aromatic rings. The topological polar surface area (TPSA) is 67.3 Å². The number of para-hydroxylation sites is 1. The molecule has 26 heavy (non-hydrogen) atoms. The number of β-amino-alcohol motifs (C(OH)–C–C–N with tert-alkyl or cyclic N) is 1. The van der Waals surface area contributed by atoms with Gasteiger partial charge in [-0.05, 0) is 25.5 Å². The molecule has 6 heteroatoms. The van der Waals surface area contributed by atoms with E-state index in [0.717, 1.165) is 42.2 Å². The molecule has 1 aromatic carbocycles. The third-order valence-electron chi connectivity index (χ3n) is 5.03. The first-order valence-corrected chi connectivity index (χ1v) is 9.00. The Morgan fingerprint density at radius 2 is 2.08 bits per heavy atom. The van der Waals surface area contributed by atoms with Crippen LogP contribution in [0.3, 0.4) is 0 Å². The Labute approximate surface area is 153 Å². The summed E-state index contributed by atoms with van der Waals surface area (Å²) in [6.45, 7) is 6.30. The molecule has 0 spiro atoms. The van der Waals surface area contributed by atoms with Gasteiger partial charge >= 0.3 is 0 Å². The van der Waals surface area contributed by atoms with Crippen LogP contribution in [0.4, 0.5) is 0 Å². The van der Waals surface area contributed by atoms with E-state index in [1.54, 1.807) is 0 Å². The van der Waals surface area contributed by atoms with E-state index in [-0.39, 0.29) is 12.0 Å². The predicted molar refractivity (Wildman–Crippen MR) is 98.0 cm³/mol. The molecule has 1 fully saturated rings. The highest BCUT2D eigenvalue weighted by Crippen LogP contribution is 2.24. The molecular formula is C20H24N4O2. The van der Waals surface area contributed by atoms with E-state index in [4.69, 9.17) is 4.52 Å². The third-order valence-corrected chi connectivity index (χ3v) is 5.03. The van der Waals surface area contributed by atoms with Crippen molar-refractivity contribution >= 4 is 0 Å². The van der Waals surface area contributed by atoms with E-state index < -0.39 is 0 Å². The first kappa shape index (κ1) is 17.0. The van der Waals surface area contributed by atoms with Crippen LogP contribution in [0, 0.1) is 19.8 Å². The van der Waals surface area contributed by atoms with Crippen molar-refractivity contribution in [2.24, 2.45) is 5.92 Å². The highest BCUT2D eigenvalue weighted by Gasteiger charge is 2.32. The molecule has 1 aliphatic heterocycles. The van der Waals surface area contributed by atoms with Crippen LogP contribution >= 0.6 is 0 Å². The van der Waals surface area contributed by atoms with E-state index in [1.165, 1.54) is 5.56 Å². The van der Waals surface area contributed by atoms with Crippen LogP contribution in [0.25, 0.3) is 5.69 Å². The van der Waals surface area contributed by atoms with E-state index >= 15 is 0 Å². The number of aliphatic hydroxyl groups excluding tert-OH is 1. The molecule has 0 saturated carbocycles. The van der Waals surface area contributed by atoms with Crippen LogP contribution in [-0.2, 0) is 13.0 Å². The van der Waals surface area contributed by atoms with Gasteiger partial charge in [-0.3, -0.25) is 4.90 Å². The average Bonchev–Trinajstić information content (AvgIpc) is 3.31. The second-order valence-corrected chi connectivity index (χ2v) is 7.24. The van der Waals surface area contributed by atoms with Crippen LogP contribution in [0.2, 0.25) is 0 Å². The van der Waals surface area contributed by atoms with Gasteiger partial charge in [0, 0.05) is 49.8 Å². The number of likely N-dealkylation sites (tertiary alicyclic amines) is 1. The highest BCUT2D eigenvalue weighted by molar-refractivity contribution is 5.39. The Bertz CT molecular complexity index is 885. The molecule has 1 saturated heterocycles. The second-order valence-electron chi connectivity index (χ2n) is 7.24. The van der Waals surface area contributed by atoms with Crippen molar-refractivity contribution < 1.29 is 9.63 Å². The van der Waals surface area contributed by atoms with Crippen molar-refractivity contribution in [3.05, 3.63) is 65.3 Å². The first-order valence-electron chi connectivity index (χ1n) is 9.00. The van der Waals surface area contributed by atoms with Gasteiger partial charge in [-0.2, -0.15) is 5.10 Å². The van der Waals surface area contributed by atoms with Gasteiger partial charge in [0.15, 0.2) is 0 Å². The Morgan fingerprint density at radius 1 is 1.23 bits per heavy atom. The summed E-state index contributed by atoms with van der Waals surface area (Å²) in [6, 6.07) is 10.2. The average molecular weight is 352 g/mol. The van der Waals surface area contributed by atoms with Crippen molar-refractivity contribution in [1.29, 1.82) is 0 Å². The van der Waals surface area contributed by atoms with Crippen LogP contribution in [0.1, 0.15) is 22.6 Å². The lowest BCUT2D eigenvalue weighted by molar-refractivity contribution is 0.137. The quantitative estimate of drug-likeness (QED) is 0.764. The summed E-state index contributed by atoms with van der Waals surface area (Å²) in [5, 5.41) is 18.8. The molecule has 1 aliphatic rings. The fourth-order valence-electron chi connectivity index (χ4n) is 3.69. The zero-order chi connectivity index (χ0) is 18.1. The lowest BCUT2D eigenvalue weighted by atomic mass is 10.0. The number of rotatable bonds is 5. The molecule has 4 rings (SSSR count). The van der Waals surface area contributed by atoms with Crippen molar-refractivity contribution in [3.63, 3.8) is 0 Å². The minimum absolute atomic E-state index is 0.175. The summed E-state index contributed by atoms with van der Waals surface area (Å²) in [4.78, 5) is 2.28. The molecule has 6 nitrogen and oxygen atoms in total. The maximum Gasteiger partial charge on any atom is 0.137 e. The SMILES string of the molecule is Cc1cc(C[C@@H]2CN(Cc3cnn(-c4ccccc4C)c3)C[C@@H]2O)on1. The lowest BCUT2D eigenvalue weighted by Crippen LogP contribution is -2.21. The Hall–Kier alpha value is -2.44. The molecule has 0 unspecified atom stereocenters. The summed E-state index contributed by atoms with van der Waals surface area (Å²) in [5.74, 6) is 1.02. The molecule has 0 aliphatic carbocycles. The third kappa shape index (κ3) is 3.57. The van der Waals surface area contributed by atoms with Gasteiger partial charge in [0.2, 0.25) is 0 Å². The Morgan fingerprint density at radius 3 is 2.85 bits per heavy atom. The van der Waals surface area contributed by atoms with Gasteiger partial charge in [0.25, 0.3) is 0 Å². The molecule has 0 radical (unpaired) electrons. The van der Waals surface area contributed by atoms with E-state index in [9.17, 15) is 5.11 Å². The standard InChI is InChI=1S/C20H24N4O2/c1-14-5-3-4-6-19(14)24-11-16(9-21-24)10-23-12-17(20(25)13-23)8-18-7-15(2)22-26-18/h3-7,9,11,17,20,25H,8,10,12-13H2,1-2H3/t17-,20+/m1/s1. The zero-order valence-corrected chi connectivity index (χ0v) is 15.2. The van der Waals surface area contributed by atoms with Crippen LogP contribution in [0.15, 0.2) is 47.2 Å². The monoisotopic (exact) mass is 352 g/mol. The van der Waals surface area contributed by atoms with Gasteiger partial charge in [0.1, 0.15) is 5.76 Å². The number of hydrogen-bond acceptors (Lipinski definition) is 5. The number of aryl methyl sites for hydroxylation is 2. The van der Waals surface area contributed by atoms with Crippen LogP contribution < -0.4 is 0 Å².